The van der Waals surface area contributed by atoms with E-state index in [-0.39, 0.29) is 24.0 Å². The predicted octanol–water partition coefficient (Wildman–Crippen LogP) is 1.24. The van der Waals surface area contributed by atoms with E-state index < -0.39 is 11.4 Å². The summed E-state index contributed by atoms with van der Waals surface area (Å²) in [5, 5.41) is 4.10. The minimum Gasteiger partial charge on any atom is -0.370 e. The molecule has 7 heteroatoms. The van der Waals surface area contributed by atoms with Gasteiger partial charge in [-0.05, 0) is 32.8 Å². The van der Waals surface area contributed by atoms with Crippen molar-refractivity contribution in [3.05, 3.63) is 24.0 Å². The molecule has 2 atom stereocenters. The first kappa shape index (κ1) is 17.7. The number of nitrogens with zero attached hydrogens (tertiary/aromatic N) is 3. The van der Waals surface area contributed by atoms with Crippen LogP contribution in [0.4, 0.5) is 0 Å². The van der Waals surface area contributed by atoms with Crippen molar-refractivity contribution in [2.75, 3.05) is 6.54 Å². The molecule has 2 saturated heterocycles. The van der Waals surface area contributed by atoms with E-state index in [1.807, 2.05) is 32.0 Å². The summed E-state index contributed by atoms with van der Waals surface area (Å²) >= 11 is 0. The Labute approximate surface area is 147 Å². The lowest BCUT2D eigenvalue weighted by Crippen LogP contribution is -2.53. The minimum absolute atomic E-state index is 0.0582. The van der Waals surface area contributed by atoms with E-state index in [2.05, 4.69) is 5.10 Å². The van der Waals surface area contributed by atoms with Crippen molar-refractivity contribution in [1.82, 2.24) is 14.7 Å². The minimum atomic E-state index is -0.450. The smallest absolute Gasteiger partial charge is 0.247 e. The number of aromatic nitrogens is 2. The van der Waals surface area contributed by atoms with Crippen molar-refractivity contribution in [1.29, 1.82) is 0 Å². The van der Waals surface area contributed by atoms with Gasteiger partial charge < -0.3 is 15.4 Å². The van der Waals surface area contributed by atoms with Crippen LogP contribution < -0.4 is 5.73 Å². The van der Waals surface area contributed by atoms with Gasteiger partial charge in [0.05, 0.1) is 29.9 Å². The molecule has 1 aromatic heterocycles. The molecule has 136 valence electrons. The van der Waals surface area contributed by atoms with Crippen LogP contribution in [0.1, 0.15) is 45.1 Å². The molecule has 0 bridgehead atoms. The zero-order valence-corrected chi connectivity index (χ0v) is 15.1. The molecular weight excluding hydrogens is 320 g/mol. The molecule has 0 aliphatic carbocycles. The maximum absolute atomic E-state index is 12.9. The molecule has 0 aromatic carbocycles. The van der Waals surface area contributed by atoms with Crippen LogP contribution in [0.2, 0.25) is 0 Å². The molecule has 0 unspecified atom stereocenters. The lowest BCUT2D eigenvalue weighted by atomic mass is 9.82. The summed E-state index contributed by atoms with van der Waals surface area (Å²) in [5.74, 6) is -0.454. The van der Waals surface area contributed by atoms with E-state index in [4.69, 9.17) is 10.5 Å². The van der Waals surface area contributed by atoms with Gasteiger partial charge in [0.1, 0.15) is 0 Å². The third kappa shape index (κ3) is 3.46. The number of rotatable bonds is 4. The number of carbonyl (C=O) groups is 2. The first-order valence-electron chi connectivity index (χ1n) is 8.66. The van der Waals surface area contributed by atoms with Crippen LogP contribution in [0, 0.1) is 0 Å². The summed E-state index contributed by atoms with van der Waals surface area (Å²) < 4.78 is 7.80. The number of ether oxygens (including phenoxy) is 1. The molecule has 25 heavy (non-hydrogen) atoms. The Balaban J connectivity index is 1.83. The Kier molecular flexibility index (Phi) is 4.45. The first-order valence-corrected chi connectivity index (χ1v) is 8.66. The van der Waals surface area contributed by atoms with E-state index in [0.717, 1.165) is 18.4 Å². The van der Waals surface area contributed by atoms with Crippen molar-refractivity contribution in [2.24, 2.45) is 12.8 Å². The molecule has 3 rings (SSSR count). The number of hydrogen-bond acceptors (Lipinski definition) is 4. The van der Waals surface area contributed by atoms with Crippen LogP contribution in [-0.4, -0.2) is 50.3 Å². The SMILES string of the molecule is Cn1cc(/C=C/C(=O)N2CCC[C@]23CC(C)(C)O[C@H]3CC(N)=O)cn1. The third-order valence-corrected chi connectivity index (χ3v) is 5.12. The summed E-state index contributed by atoms with van der Waals surface area (Å²) in [6, 6.07) is 0. The molecule has 0 radical (unpaired) electrons. The Morgan fingerprint density at radius 2 is 2.24 bits per heavy atom. The van der Waals surface area contributed by atoms with Gasteiger partial charge in [-0.15, -0.1) is 0 Å². The van der Waals surface area contributed by atoms with E-state index in [0.29, 0.717) is 13.0 Å². The van der Waals surface area contributed by atoms with E-state index >= 15 is 0 Å². The topological polar surface area (TPSA) is 90.5 Å². The maximum Gasteiger partial charge on any atom is 0.247 e. The van der Waals surface area contributed by atoms with Crippen LogP contribution in [0.5, 0.6) is 0 Å². The molecule has 2 N–H and O–H groups in total. The molecule has 1 spiro atoms. The average molecular weight is 346 g/mol. The normalized spacial score (nSPS) is 28.3. The van der Waals surface area contributed by atoms with Crippen LogP contribution in [0.25, 0.3) is 6.08 Å². The highest BCUT2D eigenvalue weighted by Crippen LogP contribution is 2.48. The second-order valence-electron chi connectivity index (χ2n) is 7.69. The van der Waals surface area contributed by atoms with Crippen molar-refractivity contribution in [2.45, 2.75) is 56.8 Å². The molecule has 0 saturated carbocycles. The number of primary amides is 1. The van der Waals surface area contributed by atoms with E-state index in [1.165, 1.54) is 0 Å². The Morgan fingerprint density at radius 1 is 1.48 bits per heavy atom. The number of aryl methyl sites for hydroxylation is 1. The third-order valence-electron chi connectivity index (χ3n) is 5.12. The van der Waals surface area contributed by atoms with Crippen LogP contribution in [-0.2, 0) is 21.4 Å². The van der Waals surface area contributed by atoms with Gasteiger partial charge in [0.15, 0.2) is 0 Å². The predicted molar refractivity (Wildman–Crippen MR) is 93.3 cm³/mol. The number of carbonyl (C=O) groups excluding carboxylic acids is 2. The second-order valence-corrected chi connectivity index (χ2v) is 7.69. The molecule has 2 aliphatic heterocycles. The lowest BCUT2D eigenvalue weighted by Gasteiger charge is -2.38. The fraction of sp³-hybridized carbons (Fsp3) is 0.611. The van der Waals surface area contributed by atoms with Gasteiger partial charge in [-0.3, -0.25) is 14.3 Å². The Morgan fingerprint density at radius 3 is 2.88 bits per heavy atom. The van der Waals surface area contributed by atoms with Crippen LogP contribution >= 0.6 is 0 Å². The summed E-state index contributed by atoms with van der Waals surface area (Å²) in [6.45, 7) is 4.68. The zero-order chi connectivity index (χ0) is 18.2. The van der Waals surface area contributed by atoms with Gasteiger partial charge in [-0.2, -0.15) is 5.10 Å². The van der Waals surface area contributed by atoms with Crippen molar-refractivity contribution < 1.29 is 14.3 Å². The van der Waals surface area contributed by atoms with E-state index in [1.54, 1.807) is 23.0 Å². The standard InChI is InChI=1S/C18H26N4O3/c1-17(2)12-18(14(25-17)9-15(19)23)7-4-8-22(18)16(24)6-5-13-10-20-21(3)11-13/h5-6,10-11,14H,4,7-9,12H2,1-3H3,(H2,19,23)/b6-5+/t14-,18+/m0/s1. The van der Waals surface area contributed by atoms with Gasteiger partial charge >= 0.3 is 0 Å². The monoisotopic (exact) mass is 346 g/mol. The maximum atomic E-state index is 12.9. The van der Waals surface area contributed by atoms with E-state index in [9.17, 15) is 9.59 Å². The van der Waals surface area contributed by atoms with Gasteiger partial charge in [-0.1, -0.05) is 0 Å². The van der Waals surface area contributed by atoms with Gasteiger partial charge in [0.2, 0.25) is 11.8 Å². The summed E-state index contributed by atoms with van der Waals surface area (Å²) in [5.41, 5.74) is 5.47. The van der Waals surface area contributed by atoms with Crippen LogP contribution in [0.15, 0.2) is 18.5 Å². The van der Waals surface area contributed by atoms with Crippen molar-refractivity contribution >= 4 is 17.9 Å². The highest BCUT2D eigenvalue weighted by molar-refractivity contribution is 5.92. The van der Waals surface area contributed by atoms with Gasteiger partial charge in [0, 0.05) is 37.8 Å². The summed E-state index contributed by atoms with van der Waals surface area (Å²) in [7, 11) is 1.83. The van der Waals surface area contributed by atoms with Crippen molar-refractivity contribution in [3.8, 4) is 0 Å². The van der Waals surface area contributed by atoms with Crippen LogP contribution in [0.3, 0.4) is 0 Å². The highest BCUT2D eigenvalue weighted by Gasteiger charge is 2.58. The second kappa shape index (κ2) is 6.29. The quantitative estimate of drug-likeness (QED) is 0.831. The largest absolute Gasteiger partial charge is 0.370 e. The molecular formula is C18H26N4O3. The molecule has 1 aromatic rings. The molecule has 3 heterocycles. The summed E-state index contributed by atoms with van der Waals surface area (Å²) in [4.78, 5) is 26.3. The van der Waals surface area contributed by atoms with Gasteiger partial charge in [0.25, 0.3) is 0 Å². The molecule has 2 amide bonds. The Bertz CT molecular complexity index is 709. The number of nitrogens with two attached hydrogens (primary N) is 1. The average Bonchev–Trinajstić information content (AvgIpc) is 3.15. The fourth-order valence-corrected chi connectivity index (χ4v) is 4.33. The first-order chi connectivity index (χ1) is 11.7. The number of hydrogen-bond donors (Lipinski definition) is 1. The lowest BCUT2D eigenvalue weighted by molar-refractivity contribution is -0.135. The fourth-order valence-electron chi connectivity index (χ4n) is 4.33. The number of likely N-dealkylation sites (tertiary alicyclic amines) is 1. The Hall–Kier alpha value is -2.15. The van der Waals surface area contributed by atoms with Gasteiger partial charge in [-0.25, -0.2) is 0 Å². The summed E-state index contributed by atoms with van der Waals surface area (Å²) in [6.07, 6.45) is 9.15. The molecule has 2 aliphatic rings. The highest BCUT2D eigenvalue weighted by atomic mass is 16.5. The number of amides is 2. The molecule has 2 fully saturated rings. The molecule has 7 nitrogen and oxygen atoms in total. The zero-order valence-electron chi connectivity index (χ0n) is 15.1. The van der Waals surface area contributed by atoms with Crippen molar-refractivity contribution in [3.63, 3.8) is 0 Å².